The highest BCUT2D eigenvalue weighted by atomic mass is 19.1. The van der Waals surface area contributed by atoms with Crippen LogP contribution in [0.5, 0.6) is 0 Å². The highest BCUT2D eigenvalue weighted by molar-refractivity contribution is 5.55. The molecule has 0 saturated heterocycles. The van der Waals surface area contributed by atoms with Crippen molar-refractivity contribution in [3.8, 4) is 17.1 Å². The molecule has 6 rings (SSSR count). The fourth-order valence-corrected chi connectivity index (χ4v) is 4.22. The van der Waals surface area contributed by atoms with Crippen LogP contribution < -0.4 is 0 Å². The minimum Gasteiger partial charge on any atom is -0.307 e. The number of aromatic nitrogens is 7. The fraction of sp³-hybridized carbons (Fsp3) is 0.143. The van der Waals surface area contributed by atoms with Crippen LogP contribution in [0.1, 0.15) is 29.7 Å². The molecule has 4 heterocycles. The molecule has 0 aliphatic heterocycles. The van der Waals surface area contributed by atoms with Crippen molar-refractivity contribution < 1.29 is 4.39 Å². The fourth-order valence-electron chi connectivity index (χ4n) is 4.22. The van der Waals surface area contributed by atoms with Gasteiger partial charge in [0.05, 0.1) is 30.0 Å². The van der Waals surface area contributed by atoms with Gasteiger partial charge in [-0.3, -0.25) is 0 Å². The number of nitrogens with zero attached hydrogens (tertiary/aromatic N) is 7. The Morgan fingerprint density at radius 3 is 2.42 bits per heavy atom. The van der Waals surface area contributed by atoms with Gasteiger partial charge in [-0.15, -0.1) is 0 Å². The first-order valence-electron chi connectivity index (χ1n) is 11.9. The second kappa shape index (κ2) is 9.22. The number of hydrogen-bond acceptors (Lipinski definition) is 4. The lowest BCUT2D eigenvalue weighted by atomic mass is 10.1. The van der Waals surface area contributed by atoms with Crippen molar-refractivity contribution in [2.45, 2.75) is 26.3 Å². The van der Waals surface area contributed by atoms with Crippen molar-refractivity contribution in [1.29, 1.82) is 0 Å². The Morgan fingerprint density at radius 1 is 0.806 bits per heavy atom. The van der Waals surface area contributed by atoms with E-state index in [2.05, 4.69) is 36.3 Å². The summed E-state index contributed by atoms with van der Waals surface area (Å²) in [5.74, 6) is 1.20. The molecule has 0 aliphatic carbocycles. The molecule has 36 heavy (non-hydrogen) atoms. The molecule has 0 aliphatic rings. The van der Waals surface area contributed by atoms with Gasteiger partial charge in [0.1, 0.15) is 17.3 Å². The Bertz CT molecular complexity index is 1590. The lowest BCUT2D eigenvalue weighted by Gasteiger charge is -2.03. The summed E-state index contributed by atoms with van der Waals surface area (Å²) in [6, 6.07) is 22.5. The molecule has 0 N–H and O–H groups in total. The molecule has 2 aromatic carbocycles. The summed E-state index contributed by atoms with van der Waals surface area (Å²) >= 11 is 0. The van der Waals surface area contributed by atoms with E-state index in [1.54, 1.807) is 16.8 Å². The second-order valence-electron chi connectivity index (χ2n) is 8.66. The summed E-state index contributed by atoms with van der Waals surface area (Å²) in [7, 11) is 0. The molecule has 0 radical (unpaired) electrons. The summed E-state index contributed by atoms with van der Waals surface area (Å²) in [6.07, 6.45) is 7.35. The Hall–Kier alpha value is -4.59. The van der Waals surface area contributed by atoms with Crippen molar-refractivity contribution in [1.82, 2.24) is 33.9 Å². The maximum atomic E-state index is 13.3. The Balaban J connectivity index is 1.33. The molecule has 4 aromatic heterocycles. The Labute approximate surface area is 207 Å². The Kier molecular flexibility index (Phi) is 5.61. The van der Waals surface area contributed by atoms with Gasteiger partial charge in [0.25, 0.3) is 0 Å². The summed E-state index contributed by atoms with van der Waals surface area (Å²) in [6.45, 7) is 2.63. The molecule has 0 unspecified atom stereocenters. The molecule has 7 nitrogen and oxygen atoms in total. The van der Waals surface area contributed by atoms with E-state index in [0.29, 0.717) is 18.8 Å². The standard InChI is InChI=1S/C28H24FN7/c1-2-20-6-8-21(9-7-20)28-31-27(17-23-14-16-35(32-23)25-12-10-22(29)11-13-25)36(33-28)19-24-18-34-15-4-3-5-26(34)30-24/h3-16,18H,2,17,19H2,1H3. The van der Waals surface area contributed by atoms with Gasteiger partial charge in [0, 0.05) is 24.2 Å². The molecule has 178 valence electrons. The minimum atomic E-state index is -0.273. The van der Waals surface area contributed by atoms with Gasteiger partial charge in [0.15, 0.2) is 5.82 Å². The van der Waals surface area contributed by atoms with Gasteiger partial charge in [-0.25, -0.2) is 23.7 Å². The molecule has 0 saturated carbocycles. The molecule has 0 amide bonds. The summed E-state index contributed by atoms with van der Waals surface area (Å²) in [5, 5.41) is 9.54. The van der Waals surface area contributed by atoms with Crippen molar-refractivity contribution in [3.05, 3.63) is 120 Å². The number of pyridine rings is 1. The number of aryl methyl sites for hydroxylation is 1. The van der Waals surface area contributed by atoms with Gasteiger partial charge in [-0.1, -0.05) is 37.3 Å². The zero-order valence-corrected chi connectivity index (χ0v) is 19.8. The lowest BCUT2D eigenvalue weighted by Crippen LogP contribution is -2.08. The van der Waals surface area contributed by atoms with Crippen LogP contribution in [0.15, 0.2) is 91.4 Å². The van der Waals surface area contributed by atoms with Gasteiger partial charge < -0.3 is 4.40 Å². The van der Waals surface area contributed by atoms with Gasteiger partial charge >= 0.3 is 0 Å². The van der Waals surface area contributed by atoms with Crippen LogP contribution >= 0.6 is 0 Å². The van der Waals surface area contributed by atoms with E-state index in [0.717, 1.165) is 40.5 Å². The number of imidazole rings is 1. The van der Waals surface area contributed by atoms with Crippen LogP contribution in [-0.2, 0) is 19.4 Å². The molecular weight excluding hydrogens is 453 g/mol. The van der Waals surface area contributed by atoms with Crippen LogP contribution in [0.3, 0.4) is 0 Å². The second-order valence-corrected chi connectivity index (χ2v) is 8.66. The molecule has 0 atom stereocenters. The highest BCUT2D eigenvalue weighted by Crippen LogP contribution is 2.20. The topological polar surface area (TPSA) is 65.8 Å². The third kappa shape index (κ3) is 4.40. The smallest absolute Gasteiger partial charge is 0.181 e. The van der Waals surface area contributed by atoms with Crippen molar-refractivity contribution in [2.75, 3.05) is 0 Å². The third-order valence-electron chi connectivity index (χ3n) is 6.17. The van der Waals surface area contributed by atoms with E-state index in [4.69, 9.17) is 15.1 Å². The number of rotatable bonds is 7. The quantitative estimate of drug-likeness (QED) is 0.320. The largest absolute Gasteiger partial charge is 0.307 e. The zero-order chi connectivity index (χ0) is 24.5. The van der Waals surface area contributed by atoms with Gasteiger partial charge in [-0.05, 0) is 54.4 Å². The highest BCUT2D eigenvalue weighted by Gasteiger charge is 2.16. The van der Waals surface area contributed by atoms with Crippen molar-refractivity contribution in [3.63, 3.8) is 0 Å². The van der Waals surface area contributed by atoms with E-state index in [-0.39, 0.29) is 5.82 Å². The maximum Gasteiger partial charge on any atom is 0.181 e. The molecule has 8 heteroatoms. The number of fused-ring (bicyclic) bond motifs is 1. The van der Waals surface area contributed by atoms with E-state index in [1.807, 2.05) is 51.9 Å². The molecule has 0 spiro atoms. The van der Waals surface area contributed by atoms with Crippen LogP contribution in [0, 0.1) is 5.82 Å². The van der Waals surface area contributed by atoms with Crippen LogP contribution in [0.4, 0.5) is 4.39 Å². The van der Waals surface area contributed by atoms with Gasteiger partial charge in [-0.2, -0.15) is 10.2 Å². The number of hydrogen-bond donors (Lipinski definition) is 0. The summed E-state index contributed by atoms with van der Waals surface area (Å²) in [5.41, 5.74) is 5.68. The zero-order valence-electron chi connectivity index (χ0n) is 19.8. The van der Waals surface area contributed by atoms with Crippen molar-refractivity contribution in [2.24, 2.45) is 0 Å². The first kappa shape index (κ1) is 21.9. The first-order valence-corrected chi connectivity index (χ1v) is 11.9. The van der Waals surface area contributed by atoms with Crippen molar-refractivity contribution >= 4 is 5.65 Å². The molecule has 0 fully saturated rings. The summed E-state index contributed by atoms with van der Waals surface area (Å²) in [4.78, 5) is 9.63. The SMILES string of the molecule is CCc1ccc(-c2nc(Cc3ccn(-c4ccc(F)cc4)n3)n(Cc3cn4ccccc4n3)n2)cc1. The molecule has 0 bridgehead atoms. The monoisotopic (exact) mass is 477 g/mol. The third-order valence-corrected chi connectivity index (χ3v) is 6.17. The normalized spacial score (nSPS) is 11.4. The lowest BCUT2D eigenvalue weighted by molar-refractivity contribution is 0.626. The average molecular weight is 478 g/mol. The van der Waals surface area contributed by atoms with E-state index in [1.165, 1.54) is 17.7 Å². The van der Waals surface area contributed by atoms with E-state index >= 15 is 0 Å². The Morgan fingerprint density at radius 2 is 1.64 bits per heavy atom. The average Bonchev–Trinajstić information content (AvgIpc) is 3.64. The minimum absolute atomic E-state index is 0.273. The number of halogens is 1. The van der Waals surface area contributed by atoms with Crippen LogP contribution in [-0.4, -0.2) is 33.9 Å². The van der Waals surface area contributed by atoms with E-state index < -0.39 is 0 Å². The van der Waals surface area contributed by atoms with E-state index in [9.17, 15) is 4.39 Å². The molecular formula is C28H24FN7. The molecule has 6 aromatic rings. The van der Waals surface area contributed by atoms with Gasteiger partial charge in [0.2, 0.25) is 0 Å². The maximum absolute atomic E-state index is 13.3. The van der Waals surface area contributed by atoms with Crippen LogP contribution in [0.2, 0.25) is 0 Å². The predicted molar refractivity (Wildman–Crippen MR) is 135 cm³/mol. The summed E-state index contributed by atoms with van der Waals surface area (Å²) < 4.78 is 19.0. The predicted octanol–water partition coefficient (Wildman–Crippen LogP) is 5.12. The van der Waals surface area contributed by atoms with Crippen LogP contribution in [0.25, 0.3) is 22.7 Å². The first-order chi connectivity index (χ1) is 17.6. The number of benzene rings is 2.